The molecule has 6 nitrogen and oxygen atoms in total. The summed E-state index contributed by atoms with van der Waals surface area (Å²) >= 11 is 0. The highest BCUT2D eigenvalue weighted by Gasteiger charge is 2.23. The second-order valence-corrected chi connectivity index (χ2v) is 6.79. The van der Waals surface area contributed by atoms with Crippen LogP contribution < -0.4 is 10.9 Å². The van der Waals surface area contributed by atoms with Crippen LogP contribution in [0.4, 0.5) is 0 Å². The van der Waals surface area contributed by atoms with E-state index in [1.165, 1.54) is 0 Å². The van der Waals surface area contributed by atoms with Crippen molar-refractivity contribution in [3.8, 4) is 0 Å². The number of carbonyl (C=O) groups is 1. The molecule has 0 radical (unpaired) electrons. The maximum atomic E-state index is 12.8. The number of benzene rings is 2. The fourth-order valence-electron chi connectivity index (χ4n) is 3.20. The summed E-state index contributed by atoms with van der Waals surface area (Å²) < 4.78 is 0. The van der Waals surface area contributed by atoms with Crippen molar-refractivity contribution in [3.05, 3.63) is 75.8 Å². The van der Waals surface area contributed by atoms with E-state index in [0.29, 0.717) is 29.7 Å². The van der Waals surface area contributed by atoms with Crippen LogP contribution in [0.3, 0.4) is 0 Å². The number of aromatic nitrogens is 2. The third kappa shape index (κ3) is 4.23. The van der Waals surface area contributed by atoms with Crippen molar-refractivity contribution in [2.24, 2.45) is 0 Å². The average molecular weight is 364 g/mol. The second-order valence-electron chi connectivity index (χ2n) is 6.79. The van der Waals surface area contributed by atoms with E-state index in [1.54, 1.807) is 6.07 Å². The van der Waals surface area contributed by atoms with Crippen molar-refractivity contribution >= 4 is 16.8 Å². The van der Waals surface area contributed by atoms with Gasteiger partial charge in [0, 0.05) is 13.0 Å². The van der Waals surface area contributed by atoms with Gasteiger partial charge in [0.15, 0.2) is 0 Å². The Morgan fingerprint density at radius 2 is 1.85 bits per heavy atom. The molecule has 0 bridgehead atoms. The van der Waals surface area contributed by atoms with Crippen molar-refractivity contribution in [2.75, 3.05) is 20.6 Å². The predicted octanol–water partition coefficient (Wildman–Crippen LogP) is 2.19. The quantitative estimate of drug-likeness (QED) is 0.703. The first-order valence-corrected chi connectivity index (χ1v) is 8.95. The summed E-state index contributed by atoms with van der Waals surface area (Å²) in [5, 5.41) is 3.53. The molecule has 0 saturated carbocycles. The number of aromatic amines is 1. The number of rotatable bonds is 6. The zero-order valence-corrected chi connectivity index (χ0v) is 15.8. The lowest BCUT2D eigenvalue weighted by atomic mass is 10.00. The highest BCUT2D eigenvalue weighted by Crippen LogP contribution is 2.21. The number of fused-ring (bicyclic) bond motifs is 1. The van der Waals surface area contributed by atoms with Crippen LogP contribution in [0.5, 0.6) is 0 Å². The number of amides is 1. The fraction of sp³-hybridized carbons (Fsp3) is 0.286. The molecule has 3 rings (SSSR count). The maximum Gasteiger partial charge on any atom is 0.258 e. The lowest BCUT2D eigenvalue weighted by Crippen LogP contribution is -2.38. The van der Waals surface area contributed by atoms with Gasteiger partial charge in [0.05, 0.1) is 10.9 Å². The minimum absolute atomic E-state index is 0.0718. The van der Waals surface area contributed by atoms with Gasteiger partial charge in [-0.2, -0.15) is 0 Å². The van der Waals surface area contributed by atoms with Gasteiger partial charge in [-0.15, -0.1) is 0 Å². The molecule has 0 fully saturated rings. The number of likely N-dealkylation sites (N-methyl/N-ethyl adjacent to an activating group) is 1. The second kappa shape index (κ2) is 8.14. The highest BCUT2D eigenvalue weighted by atomic mass is 16.2. The van der Waals surface area contributed by atoms with Gasteiger partial charge < -0.3 is 10.3 Å². The molecule has 27 heavy (non-hydrogen) atoms. The van der Waals surface area contributed by atoms with E-state index in [1.807, 2.05) is 68.4 Å². The summed E-state index contributed by atoms with van der Waals surface area (Å²) in [5.41, 5.74) is 2.56. The van der Waals surface area contributed by atoms with Crippen molar-refractivity contribution in [1.29, 1.82) is 0 Å². The number of nitrogens with zero attached hydrogens (tertiary/aromatic N) is 2. The van der Waals surface area contributed by atoms with Gasteiger partial charge in [-0.25, -0.2) is 4.98 Å². The fourth-order valence-corrected chi connectivity index (χ4v) is 3.20. The number of nitrogens with one attached hydrogen (secondary N) is 2. The first kappa shape index (κ1) is 18.8. The summed E-state index contributed by atoms with van der Waals surface area (Å²) in [6.07, 6.45) is 0.458. The van der Waals surface area contributed by atoms with Gasteiger partial charge in [0.1, 0.15) is 11.9 Å². The molecule has 0 aliphatic rings. The monoisotopic (exact) mass is 364 g/mol. The average Bonchev–Trinajstić information content (AvgIpc) is 2.63. The Bertz CT molecular complexity index is 1010. The van der Waals surface area contributed by atoms with Gasteiger partial charge in [0.25, 0.3) is 5.56 Å². The molecular formula is C21H24N4O2. The van der Waals surface area contributed by atoms with E-state index < -0.39 is 0 Å². The van der Waals surface area contributed by atoms with E-state index in [9.17, 15) is 9.59 Å². The number of carbonyl (C=O) groups excluding carboxylic acids is 1. The Morgan fingerprint density at radius 1 is 1.15 bits per heavy atom. The van der Waals surface area contributed by atoms with Crippen molar-refractivity contribution < 1.29 is 4.79 Å². The van der Waals surface area contributed by atoms with Crippen LogP contribution >= 0.6 is 0 Å². The van der Waals surface area contributed by atoms with Crippen molar-refractivity contribution in [2.45, 2.75) is 19.4 Å². The van der Waals surface area contributed by atoms with Gasteiger partial charge in [-0.3, -0.25) is 14.5 Å². The van der Waals surface area contributed by atoms with E-state index in [-0.39, 0.29) is 17.5 Å². The summed E-state index contributed by atoms with van der Waals surface area (Å²) in [7, 11) is 3.78. The molecule has 140 valence electrons. The lowest BCUT2D eigenvalue weighted by Gasteiger charge is -2.25. The van der Waals surface area contributed by atoms with Crippen LogP contribution in [0.25, 0.3) is 10.9 Å². The van der Waals surface area contributed by atoms with Gasteiger partial charge in [-0.1, -0.05) is 36.4 Å². The number of aryl methyl sites for hydroxylation is 1. The SMILES string of the molecule is Cc1ccccc1[C@@H](C(=O)NCCc1nc2ccccc2c(=O)[nH]1)N(C)C. The molecule has 3 aromatic rings. The molecule has 1 aromatic heterocycles. The molecule has 6 heteroatoms. The largest absolute Gasteiger partial charge is 0.354 e. The van der Waals surface area contributed by atoms with Crippen LogP contribution in [-0.2, 0) is 11.2 Å². The van der Waals surface area contributed by atoms with Crippen molar-refractivity contribution in [1.82, 2.24) is 20.2 Å². The summed E-state index contributed by atoms with van der Waals surface area (Å²) in [5.74, 6) is 0.494. The zero-order valence-electron chi connectivity index (χ0n) is 15.8. The van der Waals surface area contributed by atoms with E-state index >= 15 is 0 Å². The molecule has 0 aliphatic carbocycles. The minimum atomic E-state index is -0.366. The number of H-pyrrole nitrogens is 1. The summed E-state index contributed by atoms with van der Waals surface area (Å²) in [6, 6.07) is 14.7. The summed E-state index contributed by atoms with van der Waals surface area (Å²) in [6.45, 7) is 2.40. The Hall–Kier alpha value is -2.99. The minimum Gasteiger partial charge on any atom is -0.354 e. The molecule has 0 unspecified atom stereocenters. The van der Waals surface area contributed by atoms with Crippen LogP contribution in [0, 0.1) is 6.92 Å². The van der Waals surface area contributed by atoms with E-state index in [0.717, 1.165) is 11.1 Å². The third-order valence-electron chi connectivity index (χ3n) is 4.57. The number of hydrogen-bond donors (Lipinski definition) is 2. The maximum absolute atomic E-state index is 12.8. The Labute approximate surface area is 158 Å². The molecular weight excluding hydrogens is 340 g/mol. The summed E-state index contributed by atoms with van der Waals surface area (Å²) in [4.78, 5) is 34.0. The molecule has 0 saturated heterocycles. The molecule has 1 heterocycles. The van der Waals surface area contributed by atoms with Crippen LogP contribution in [-0.4, -0.2) is 41.4 Å². The van der Waals surface area contributed by atoms with E-state index in [4.69, 9.17) is 0 Å². The number of hydrogen-bond acceptors (Lipinski definition) is 4. The number of para-hydroxylation sites is 1. The van der Waals surface area contributed by atoms with Crippen molar-refractivity contribution in [3.63, 3.8) is 0 Å². The highest BCUT2D eigenvalue weighted by molar-refractivity contribution is 5.83. The Morgan fingerprint density at radius 3 is 2.59 bits per heavy atom. The van der Waals surface area contributed by atoms with Crippen LogP contribution in [0.1, 0.15) is 23.0 Å². The standard InChI is InChI=1S/C21H24N4O2/c1-14-8-4-5-9-15(14)19(25(2)3)21(27)22-13-12-18-23-17-11-7-6-10-16(17)20(26)24-18/h4-11,19H,12-13H2,1-3H3,(H,22,27)(H,23,24,26)/t19-/m0/s1. The van der Waals surface area contributed by atoms with Gasteiger partial charge >= 0.3 is 0 Å². The first-order chi connectivity index (χ1) is 13.0. The van der Waals surface area contributed by atoms with Gasteiger partial charge in [-0.05, 0) is 44.3 Å². The van der Waals surface area contributed by atoms with Crippen LogP contribution in [0.15, 0.2) is 53.3 Å². The molecule has 0 aliphatic heterocycles. The smallest absolute Gasteiger partial charge is 0.258 e. The molecule has 0 spiro atoms. The Kier molecular flexibility index (Phi) is 5.66. The molecule has 2 aromatic carbocycles. The van der Waals surface area contributed by atoms with E-state index in [2.05, 4.69) is 15.3 Å². The predicted molar refractivity (Wildman–Crippen MR) is 107 cm³/mol. The van der Waals surface area contributed by atoms with Crippen LogP contribution in [0.2, 0.25) is 0 Å². The third-order valence-corrected chi connectivity index (χ3v) is 4.57. The van der Waals surface area contributed by atoms with Gasteiger partial charge in [0.2, 0.25) is 5.91 Å². The Balaban J connectivity index is 1.70. The molecule has 2 N–H and O–H groups in total. The zero-order chi connectivity index (χ0) is 19.4. The molecule has 1 amide bonds. The topological polar surface area (TPSA) is 78.1 Å². The normalized spacial score (nSPS) is 12.3. The lowest BCUT2D eigenvalue weighted by molar-refractivity contribution is -0.125. The first-order valence-electron chi connectivity index (χ1n) is 8.95. The molecule has 1 atom stereocenters.